The van der Waals surface area contributed by atoms with Crippen molar-refractivity contribution in [3.63, 3.8) is 0 Å². The van der Waals surface area contributed by atoms with Crippen LogP contribution >= 0.6 is 0 Å². The maximum absolute atomic E-state index is 5.02. The van der Waals surface area contributed by atoms with Gasteiger partial charge >= 0.3 is 6.01 Å². The summed E-state index contributed by atoms with van der Waals surface area (Å²) < 4.78 is 5.02. The van der Waals surface area contributed by atoms with Gasteiger partial charge in [-0.2, -0.15) is 4.98 Å². The van der Waals surface area contributed by atoms with Crippen molar-refractivity contribution in [3.05, 3.63) is 18.0 Å². The molecule has 0 spiro atoms. The van der Waals surface area contributed by atoms with Crippen LogP contribution in [0.3, 0.4) is 0 Å². The first-order chi connectivity index (χ1) is 7.78. The Labute approximate surface area is 96.7 Å². The normalized spacial score (nSPS) is 18.6. The average Bonchev–Trinajstić information content (AvgIpc) is 2.32. The van der Waals surface area contributed by atoms with Gasteiger partial charge in [0.2, 0.25) is 0 Å². The Morgan fingerprint density at radius 3 is 2.88 bits per heavy atom. The van der Waals surface area contributed by atoms with Crippen LogP contribution in [0.1, 0.15) is 25.5 Å². The van der Waals surface area contributed by atoms with Gasteiger partial charge < -0.3 is 4.74 Å². The molecule has 1 saturated heterocycles. The zero-order chi connectivity index (χ0) is 11.4. The summed E-state index contributed by atoms with van der Waals surface area (Å²) in [5.74, 6) is 0.871. The summed E-state index contributed by atoms with van der Waals surface area (Å²) in [6, 6.07) is 2.42. The molecule has 0 saturated carbocycles. The third-order valence-electron chi connectivity index (χ3n) is 3.14. The molecule has 0 unspecified atom stereocenters. The number of piperidine rings is 1. The van der Waals surface area contributed by atoms with Gasteiger partial charge in [-0.05, 0) is 37.9 Å². The number of hydrogen-bond donors (Lipinski definition) is 0. The molecule has 1 fully saturated rings. The topological polar surface area (TPSA) is 38.2 Å². The SMILES string of the molecule is COc1nccc(CN2CCC(C)CC2)n1. The minimum Gasteiger partial charge on any atom is -0.467 e. The minimum atomic E-state index is 0.461. The second kappa shape index (κ2) is 5.25. The summed E-state index contributed by atoms with van der Waals surface area (Å²) in [6.45, 7) is 5.58. The van der Waals surface area contributed by atoms with Crippen molar-refractivity contribution in [2.75, 3.05) is 20.2 Å². The highest BCUT2D eigenvalue weighted by atomic mass is 16.5. The van der Waals surface area contributed by atoms with Gasteiger partial charge in [0, 0.05) is 12.7 Å². The lowest BCUT2D eigenvalue weighted by atomic mass is 9.99. The molecule has 2 heterocycles. The van der Waals surface area contributed by atoms with Crippen LogP contribution in [0.15, 0.2) is 12.3 Å². The Morgan fingerprint density at radius 2 is 2.19 bits per heavy atom. The van der Waals surface area contributed by atoms with Crippen LogP contribution in [0.25, 0.3) is 0 Å². The van der Waals surface area contributed by atoms with E-state index in [2.05, 4.69) is 21.8 Å². The maximum Gasteiger partial charge on any atom is 0.316 e. The zero-order valence-electron chi connectivity index (χ0n) is 10.0. The summed E-state index contributed by atoms with van der Waals surface area (Å²) >= 11 is 0. The first kappa shape index (κ1) is 11.3. The van der Waals surface area contributed by atoms with Gasteiger partial charge in [-0.3, -0.25) is 4.90 Å². The van der Waals surface area contributed by atoms with E-state index in [1.54, 1.807) is 13.3 Å². The van der Waals surface area contributed by atoms with E-state index < -0.39 is 0 Å². The molecule has 1 aliphatic rings. The van der Waals surface area contributed by atoms with E-state index in [1.807, 2.05) is 6.07 Å². The van der Waals surface area contributed by atoms with Crippen molar-refractivity contribution in [3.8, 4) is 6.01 Å². The molecular weight excluding hydrogens is 202 g/mol. The molecule has 0 N–H and O–H groups in total. The Hall–Kier alpha value is -1.16. The van der Waals surface area contributed by atoms with Crippen LogP contribution < -0.4 is 4.74 Å². The lowest BCUT2D eigenvalue weighted by Crippen LogP contribution is -2.32. The fourth-order valence-electron chi connectivity index (χ4n) is 2.01. The number of ether oxygens (including phenoxy) is 1. The summed E-state index contributed by atoms with van der Waals surface area (Å²) in [4.78, 5) is 10.8. The number of rotatable bonds is 3. The van der Waals surface area contributed by atoms with Crippen molar-refractivity contribution in [2.45, 2.75) is 26.3 Å². The van der Waals surface area contributed by atoms with E-state index in [9.17, 15) is 0 Å². The van der Waals surface area contributed by atoms with Crippen LogP contribution in [0.4, 0.5) is 0 Å². The van der Waals surface area contributed by atoms with Gasteiger partial charge in [0.25, 0.3) is 0 Å². The predicted octanol–water partition coefficient (Wildman–Crippen LogP) is 1.72. The first-order valence-corrected chi connectivity index (χ1v) is 5.86. The zero-order valence-corrected chi connectivity index (χ0v) is 10.0. The lowest BCUT2D eigenvalue weighted by molar-refractivity contribution is 0.183. The first-order valence-electron chi connectivity index (χ1n) is 5.86. The van der Waals surface area contributed by atoms with E-state index in [4.69, 9.17) is 4.74 Å². The van der Waals surface area contributed by atoms with E-state index in [1.165, 1.54) is 25.9 Å². The minimum absolute atomic E-state index is 0.461. The summed E-state index contributed by atoms with van der Waals surface area (Å²) in [5, 5.41) is 0. The van der Waals surface area contributed by atoms with E-state index in [0.29, 0.717) is 6.01 Å². The van der Waals surface area contributed by atoms with Crippen LogP contribution in [0.2, 0.25) is 0 Å². The molecule has 88 valence electrons. The van der Waals surface area contributed by atoms with Crippen LogP contribution in [-0.2, 0) is 6.54 Å². The Balaban J connectivity index is 1.93. The standard InChI is InChI=1S/C12H19N3O/c1-10-4-7-15(8-5-10)9-11-3-6-13-12(14-11)16-2/h3,6,10H,4-5,7-9H2,1-2H3. The highest BCUT2D eigenvalue weighted by Crippen LogP contribution is 2.17. The lowest BCUT2D eigenvalue weighted by Gasteiger charge is -2.29. The smallest absolute Gasteiger partial charge is 0.316 e. The van der Waals surface area contributed by atoms with Crippen LogP contribution in [0, 0.1) is 5.92 Å². The monoisotopic (exact) mass is 221 g/mol. The van der Waals surface area contributed by atoms with Crippen LogP contribution in [0.5, 0.6) is 6.01 Å². The number of nitrogens with zero attached hydrogens (tertiary/aromatic N) is 3. The Kier molecular flexibility index (Phi) is 3.72. The summed E-state index contributed by atoms with van der Waals surface area (Å²) in [5.41, 5.74) is 1.04. The number of likely N-dealkylation sites (tertiary alicyclic amines) is 1. The molecule has 1 aliphatic heterocycles. The van der Waals surface area contributed by atoms with Crippen molar-refractivity contribution in [2.24, 2.45) is 5.92 Å². The van der Waals surface area contributed by atoms with Gasteiger partial charge in [0.15, 0.2) is 0 Å². The maximum atomic E-state index is 5.02. The Bertz CT molecular complexity index is 335. The fourth-order valence-corrected chi connectivity index (χ4v) is 2.01. The van der Waals surface area contributed by atoms with Gasteiger partial charge in [0.1, 0.15) is 0 Å². The molecule has 0 atom stereocenters. The van der Waals surface area contributed by atoms with Gasteiger partial charge in [-0.1, -0.05) is 6.92 Å². The molecule has 0 amide bonds. The second-order valence-corrected chi connectivity index (χ2v) is 4.49. The molecular formula is C12H19N3O. The molecule has 0 aliphatic carbocycles. The van der Waals surface area contributed by atoms with Crippen molar-refractivity contribution in [1.82, 2.24) is 14.9 Å². The number of methoxy groups -OCH3 is 1. The van der Waals surface area contributed by atoms with Gasteiger partial charge in [-0.25, -0.2) is 4.98 Å². The fraction of sp³-hybridized carbons (Fsp3) is 0.667. The number of hydrogen-bond acceptors (Lipinski definition) is 4. The molecule has 2 rings (SSSR count). The molecule has 0 bridgehead atoms. The van der Waals surface area contributed by atoms with Crippen molar-refractivity contribution >= 4 is 0 Å². The van der Waals surface area contributed by atoms with Crippen LogP contribution in [-0.4, -0.2) is 35.1 Å². The predicted molar refractivity (Wildman–Crippen MR) is 62.3 cm³/mol. The van der Waals surface area contributed by atoms with E-state index in [-0.39, 0.29) is 0 Å². The van der Waals surface area contributed by atoms with E-state index in [0.717, 1.165) is 18.2 Å². The summed E-state index contributed by atoms with van der Waals surface area (Å²) in [7, 11) is 1.60. The van der Waals surface area contributed by atoms with Crippen molar-refractivity contribution in [1.29, 1.82) is 0 Å². The van der Waals surface area contributed by atoms with Crippen molar-refractivity contribution < 1.29 is 4.74 Å². The van der Waals surface area contributed by atoms with Gasteiger partial charge in [-0.15, -0.1) is 0 Å². The average molecular weight is 221 g/mol. The largest absolute Gasteiger partial charge is 0.467 e. The third kappa shape index (κ3) is 2.92. The molecule has 16 heavy (non-hydrogen) atoms. The van der Waals surface area contributed by atoms with E-state index >= 15 is 0 Å². The number of aromatic nitrogens is 2. The quantitative estimate of drug-likeness (QED) is 0.779. The molecule has 0 radical (unpaired) electrons. The molecule has 0 aromatic carbocycles. The molecule has 1 aromatic heterocycles. The second-order valence-electron chi connectivity index (χ2n) is 4.49. The highest BCUT2D eigenvalue weighted by Gasteiger charge is 2.16. The highest BCUT2D eigenvalue weighted by molar-refractivity contribution is 5.05. The van der Waals surface area contributed by atoms with Gasteiger partial charge in [0.05, 0.1) is 12.8 Å². The molecule has 1 aromatic rings. The Morgan fingerprint density at radius 1 is 1.44 bits per heavy atom. The summed E-state index contributed by atoms with van der Waals surface area (Å²) in [6.07, 6.45) is 4.35. The molecule has 4 nitrogen and oxygen atoms in total. The molecule has 4 heteroatoms. The third-order valence-corrected chi connectivity index (χ3v) is 3.14.